The predicted molar refractivity (Wildman–Crippen MR) is 93.9 cm³/mol. The van der Waals surface area contributed by atoms with Crippen molar-refractivity contribution in [2.24, 2.45) is 0 Å². The van der Waals surface area contributed by atoms with E-state index in [1.165, 1.54) is 5.56 Å². The van der Waals surface area contributed by atoms with Gasteiger partial charge >= 0.3 is 0 Å². The number of carbonyl (C=O) groups is 2. The van der Waals surface area contributed by atoms with E-state index in [1.807, 2.05) is 51.1 Å². The van der Waals surface area contributed by atoms with Crippen molar-refractivity contribution in [3.63, 3.8) is 0 Å². The van der Waals surface area contributed by atoms with Gasteiger partial charge in [-0.2, -0.15) is 5.10 Å². The number of nitrogens with one attached hydrogen (secondary N) is 2. The summed E-state index contributed by atoms with van der Waals surface area (Å²) in [5.74, 6) is 0.203. The number of rotatable bonds is 7. The molecule has 2 amide bonds. The van der Waals surface area contributed by atoms with Gasteiger partial charge in [-0.3, -0.25) is 25.1 Å². The van der Waals surface area contributed by atoms with Crippen LogP contribution < -0.4 is 15.6 Å². The summed E-state index contributed by atoms with van der Waals surface area (Å²) in [6.07, 6.45) is 0.832. The number of nitrogens with zero attached hydrogens (tertiary/aromatic N) is 2. The fourth-order valence-electron chi connectivity index (χ4n) is 2.27. The van der Waals surface area contributed by atoms with E-state index in [-0.39, 0.29) is 24.8 Å². The summed E-state index contributed by atoms with van der Waals surface area (Å²) in [7, 11) is 0. The van der Waals surface area contributed by atoms with Gasteiger partial charge in [0.05, 0.1) is 12.3 Å². The number of hydrazine groups is 1. The first kappa shape index (κ1) is 18.5. The van der Waals surface area contributed by atoms with Crippen LogP contribution in [0.15, 0.2) is 30.3 Å². The molecule has 0 aliphatic heterocycles. The van der Waals surface area contributed by atoms with Crippen molar-refractivity contribution >= 4 is 11.8 Å². The Labute approximate surface area is 147 Å². The lowest BCUT2D eigenvalue weighted by atomic mass is 10.2. The predicted octanol–water partition coefficient (Wildman–Crippen LogP) is 1.81. The van der Waals surface area contributed by atoms with Crippen molar-refractivity contribution in [1.82, 2.24) is 20.6 Å². The van der Waals surface area contributed by atoms with Crippen LogP contribution in [0.4, 0.5) is 0 Å². The molecule has 0 saturated heterocycles. The van der Waals surface area contributed by atoms with Gasteiger partial charge in [-0.25, -0.2) is 0 Å². The van der Waals surface area contributed by atoms with E-state index in [0.29, 0.717) is 13.0 Å². The number of amides is 2. The second-order valence-electron chi connectivity index (χ2n) is 5.95. The molecule has 0 unspecified atom stereocenters. The normalized spacial score (nSPS) is 10.4. The second kappa shape index (κ2) is 8.86. The van der Waals surface area contributed by atoms with Gasteiger partial charge in [0.25, 0.3) is 5.91 Å². The molecule has 0 spiro atoms. The van der Waals surface area contributed by atoms with Crippen molar-refractivity contribution in [3.8, 4) is 5.75 Å². The molecule has 2 N–H and O–H groups in total. The lowest BCUT2D eigenvalue weighted by Gasteiger charge is -2.09. The molecular weight excluding hydrogens is 320 g/mol. The van der Waals surface area contributed by atoms with Crippen LogP contribution in [0.5, 0.6) is 5.75 Å². The Morgan fingerprint density at radius 2 is 1.76 bits per heavy atom. The summed E-state index contributed by atoms with van der Waals surface area (Å²) in [5, 5.41) is 4.20. The molecule has 7 heteroatoms. The number of hydrogen-bond acceptors (Lipinski definition) is 4. The fraction of sp³-hybridized carbons (Fsp3) is 0.389. The maximum absolute atomic E-state index is 11.8. The Balaban J connectivity index is 1.61. The van der Waals surface area contributed by atoms with Crippen molar-refractivity contribution in [1.29, 1.82) is 0 Å². The standard InChI is InChI=1S/C18H24N4O3/c1-13-6-8-16(9-7-13)25-10-4-5-17(23)19-20-18(24)12-22-15(3)11-14(2)21-22/h6-9,11H,4-5,10,12H2,1-3H3,(H,19,23)(H,20,24). The van der Waals surface area contributed by atoms with Crippen LogP contribution in [0, 0.1) is 20.8 Å². The molecule has 1 aromatic heterocycles. The van der Waals surface area contributed by atoms with Gasteiger partial charge in [0, 0.05) is 12.1 Å². The zero-order chi connectivity index (χ0) is 18.2. The summed E-state index contributed by atoms with van der Waals surface area (Å²) in [6, 6.07) is 9.63. The van der Waals surface area contributed by atoms with E-state index in [9.17, 15) is 9.59 Å². The molecule has 2 rings (SSSR count). The van der Waals surface area contributed by atoms with Crippen LogP contribution >= 0.6 is 0 Å². The Kier molecular flexibility index (Phi) is 6.56. The number of carbonyl (C=O) groups excluding carboxylic acids is 2. The van der Waals surface area contributed by atoms with Crippen molar-refractivity contribution < 1.29 is 14.3 Å². The lowest BCUT2D eigenvalue weighted by Crippen LogP contribution is -2.43. The van der Waals surface area contributed by atoms with Gasteiger partial charge in [0.1, 0.15) is 12.3 Å². The van der Waals surface area contributed by atoms with Gasteiger partial charge < -0.3 is 4.74 Å². The largest absolute Gasteiger partial charge is 0.494 e. The number of benzene rings is 1. The molecule has 1 aromatic carbocycles. The highest BCUT2D eigenvalue weighted by Gasteiger charge is 2.08. The zero-order valence-electron chi connectivity index (χ0n) is 14.8. The van der Waals surface area contributed by atoms with Gasteiger partial charge in [-0.05, 0) is 45.4 Å². The minimum absolute atomic E-state index is 0.0660. The first-order valence-electron chi connectivity index (χ1n) is 8.22. The van der Waals surface area contributed by atoms with Gasteiger partial charge in [-0.15, -0.1) is 0 Å². The molecule has 0 bridgehead atoms. The average molecular weight is 344 g/mol. The number of aryl methyl sites for hydroxylation is 3. The SMILES string of the molecule is Cc1ccc(OCCCC(=O)NNC(=O)Cn2nc(C)cc2C)cc1. The third-order valence-corrected chi connectivity index (χ3v) is 3.58. The lowest BCUT2D eigenvalue weighted by molar-refractivity contribution is -0.129. The van der Waals surface area contributed by atoms with E-state index in [0.717, 1.165) is 17.1 Å². The molecule has 0 aliphatic carbocycles. The van der Waals surface area contributed by atoms with Crippen LogP contribution in [0.2, 0.25) is 0 Å². The summed E-state index contributed by atoms with van der Waals surface area (Å²) in [4.78, 5) is 23.5. The highest BCUT2D eigenvalue weighted by molar-refractivity contribution is 5.81. The molecule has 2 aromatic rings. The minimum atomic E-state index is -0.324. The molecule has 134 valence electrons. The Morgan fingerprint density at radius 3 is 2.40 bits per heavy atom. The summed E-state index contributed by atoms with van der Waals surface area (Å²) in [5.41, 5.74) is 7.71. The minimum Gasteiger partial charge on any atom is -0.494 e. The van der Waals surface area contributed by atoms with Crippen molar-refractivity contribution in [2.45, 2.75) is 40.2 Å². The highest BCUT2D eigenvalue weighted by atomic mass is 16.5. The first-order chi connectivity index (χ1) is 11.9. The van der Waals surface area contributed by atoms with E-state index in [4.69, 9.17) is 4.74 Å². The third-order valence-electron chi connectivity index (χ3n) is 3.58. The second-order valence-corrected chi connectivity index (χ2v) is 5.95. The molecule has 0 aliphatic rings. The van der Waals surface area contributed by atoms with E-state index < -0.39 is 0 Å². The summed E-state index contributed by atoms with van der Waals surface area (Å²) >= 11 is 0. The Morgan fingerprint density at radius 1 is 1.08 bits per heavy atom. The Bertz CT molecular complexity index is 722. The third kappa shape index (κ3) is 6.29. The first-order valence-corrected chi connectivity index (χ1v) is 8.22. The zero-order valence-corrected chi connectivity index (χ0v) is 14.8. The molecule has 0 saturated carbocycles. The van der Waals surface area contributed by atoms with Gasteiger partial charge in [-0.1, -0.05) is 17.7 Å². The number of ether oxygens (including phenoxy) is 1. The van der Waals surface area contributed by atoms with Crippen LogP contribution in [-0.2, 0) is 16.1 Å². The van der Waals surface area contributed by atoms with Gasteiger partial charge in [0.2, 0.25) is 5.91 Å². The smallest absolute Gasteiger partial charge is 0.260 e. The number of hydrogen-bond donors (Lipinski definition) is 2. The molecule has 7 nitrogen and oxygen atoms in total. The maximum atomic E-state index is 11.8. The molecule has 25 heavy (non-hydrogen) atoms. The van der Waals surface area contributed by atoms with Gasteiger partial charge in [0.15, 0.2) is 0 Å². The average Bonchev–Trinajstić information content (AvgIpc) is 2.88. The molecule has 0 fully saturated rings. The fourth-order valence-corrected chi connectivity index (χ4v) is 2.27. The summed E-state index contributed by atoms with van der Waals surface area (Å²) < 4.78 is 7.14. The van der Waals surface area contributed by atoms with Crippen LogP contribution in [0.1, 0.15) is 29.8 Å². The van der Waals surface area contributed by atoms with E-state index >= 15 is 0 Å². The van der Waals surface area contributed by atoms with E-state index in [1.54, 1.807) is 4.68 Å². The van der Waals surface area contributed by atoms with Crippen molar-refractivity contribution in [2.75, 3.05) is 6.61 Å². The Hall–Kier alpha value is -2.83. The van der Waals surface area contributed by atoms with Crippen LogP contribution in [0.3, 0.4) is 0 Å². The van der Waals surface area contributed by atoms with E-state index in [2.05, 4.69) is 16.0 Å². The van der Waals surface area contributed by atoms with Crippen LogP contribution in [0.25, 0.3) is 0 Å². The van der Waals surface area contributed by atoms with Crippen LogP contribution in [-0.4, -0.2) is 28.2 Å². The molecule has 0 radical (unpaired) electrons. The summed E-state index contributed by atoms with van der Waals surface area (Å²) in [6.45, 7) is 6.26. The topological polar surface area (TPSA) is 85.3 Å². The monoisotopic (exact) mass is 344 g/mol. The molecular formula is C18H24N4O3. The van der Waals surface area contributed by atoms with Crippen molar-refractivity contribution in [3.05, 3.63) is 47.3 Å². The number of aromatic nitrogens is 2. The molecule has 1 heterocycles. The quantitative estimate of drug-likeness (QED) is 0.593. The maximum Gasteiger partial charge on any atom is 0.260 e. The highest BCUT2D eigenvalue weighted by Crippen LogP contribution is 2.11. The molecule has 0 atom stereocenters.